The molecule has 0 aliphatic carbocycles. The zero-order valence-electron chi connectivity index (χ0n) is 53.4. The van der Waals surface area contributed by atoms with Gasteiger partial charge in [0.2, 0.25) is 0 Å². The van der Waals surface area contributed by atoms with Crippen molar-refractivity contribution in [3.05, 3.63) is 36.5 Å². The van der Waals surface area contributed by atoms with Crippen LogP contribution in [-0.2, 0) is 28.6 Å². The normalized spacial score (nSPS) is 12.2. The third-order valence-electron chi connectivity index (χ3n) is 16.1. The fourth-order valence-electron chi connectivity index (χ4n) is 10.8. The Balaban J connectivity index is 4.17. The topological polar surface area (TPSA) is 78.9 Å². The third kappa shape index (κ3) is 66.3. The highest BCUT2D eigenvalue weighted by atomic mass is 16.6. The summed E-state index contributed by atoms with van der Waals surface area (Å²) in [6.07, 6.45) is 84.7. The lowest BCUT2D eigenvalue weighted by molar-refractivity contribution is -0.167. The van der Waals surface area contributed by atoms with E-state index in [9.17, 15) is 14.4 Å². The summed E-state index contributed by atoms with van der Waals surface area (Å²) < 4.78 is 17.0. The molecule has 79 heavy (non-hydrogen) atoms. The van der Waals surface area contributed by atoms with Gasteiger partial charge in [0.25, 0.3) is 0 Å². The smallest absolute Gasteiger partial charge is 0.306 e. The summed E-state index contributed by atoms with van der Waals surface area (Å²) in [5, 5.41) is 0. The number of rotatable bonds is 66. The number of allylic oxidation sites excluding steroid dienone is 6. The minimum atomic E-state index is -0.774. The van der Waals surface area contributed by atoms with E-state index in [2.05, 4.69) is 57.2 Å². The molecule has 0 aliphatic heterocycles. The second kappa shape index (κ2) is 68.1. The molecule has 1 atom stereocenters. The Morgan fingerprint density at radius 2 is 0.468 bits per heavy atom. The Hall–Kier alpha value is -2.37. The third-order valence-corrected chi connectivity index (χ3v) is 16.1. The number of hydrogen-bond acceptors (Lipinski definition) is 6. The number of ether oxygens (including phenoxy) is 3. The van der Waals surface area contributed by atoms with Crippen LogP contribution in [0.1, 0.15) is 393 Å². The second-order valence-corrected chi connectivity index (χ2v) is 24.1. The Labute approximate surface area is 493 Å². The molecule has 0 N–H and O–H groups in total. The van der Waals surface area contributed by atoms with Gasteiger partial charge in [-0.15, -0.1) is 0 Å². The molecule has 464 valence electrons. The molecule has 0 saturated carbocycles. The molecule has 0 fully saturated rings. The lowest BCUT2D eigenvalue weighted by Gasteiger charge is -2.18. The zero-order valence-corrected chi connectivity index (χ0v) is 53.4. The fourth-order valence-corrected chi connectivity index (χ4v) is 10.8. The highest BCUT2D eigenvalue weighted by molar-refractivity contribution is 5.71. The fraction of sp³-hybridized carbons (Fsp3) is 0.877. The van der Waals surface area contributed by atoms with Crippen molar-refractivity contribution in [3.63, 3.8) is 0 Å². The molecule has 6 nitrogen and oxygen atoms in total. The number of hydrogen-bond donors (Lipinski definition) is 0. The van der Waals surface area contributed by atoms with Crippen molar-refractivity contribution in [2.24, 2.45) is 0 Å². The molecule has 0 spiro atoms. The molecule has 0 aromatic rings. The summed E-state index contributed by atoms with van der Waals surface area (Å²) in [4.78, 5) is 38.4. The monoisotopic (exact) mass is 1110 g/mol. The molecular formula is C73H136O6. The molecule has 1 unspecified atom stereocenters. The van der Waals surface area contributed by atoms with E-state index in [1.165, 1.54) is 283 Å². The SMILES string of the molecule is CCCC/C=C\CCCCCCCC(=O)OCC(COC(=O)CCCCCCCCCCCCCCC/C=C\C/C=C\CCCCCCC)OC(=O)CCCCCCCCCCCCCCCCCCCCCCCCCCC. The predicted molar refractivity (Wildman–Crippen MR) is 344 cm³/mol. The van der Waals surface area contributed by atoms with E-state index < -0.39 is 6.10 Å². The van der Waals surface area contributed by atoms with Crippen LogP contribution in [0, 0.1) is 0 Å². The van der Waals surface area contributed by atoms with E-state index in [4.69, 9.17) is 14.2 Å². The van der Waals surface area contributed by atoms with Gasteiger partial charge in [-0.1, -0.05) is 340 Å². The molecule has 0 radical (unpaired) electrons. The van der Waals surface area contributed by atoms with Crippen molar-refractivity contribution in [2.75, 3.05) is 13.2 Å². The summed E-state index contributed by atoms with van der Waals surface area (Å²) in [6, 6.07) is 0. The number of unbranched alkanes of at least 4 members (excludes halogenated alkanes) is 49. The van der Waals surface area contributed by atoms with Gasteiger partial charge in [-0.05, 0) is 70.6 Å². The Morgan fingerprint density at radius 1 is 0.253 bits per heavy atom. The lowest BCUT2D eigenvalue weighted by atomic mass is 10.0. The second-order valence-electron chi connectivity index (χ2n) is 24.1. The first kappa shape index (κ1) is 76.6. The maximum atomic E-state index is 12.9. The Kier molecular flexibility index (Phi) is 66.1. The number of carbonyl (C=O) groups excluding carboxylic acids is 3. The van der Waals surface area contributed by atoms with E-state index >= 15 is 0 Å². The Bertz CT molecular complexity index is 1320. The van der Waals surface area contributed by atoms with E-state index in [-0.39, 0.29) is 31.1 Å². The molecule has 0 amide bonds. The Morgan fingerprint density at radius 3 is 0.747 bits per heavy atom. The van der Waals surface area contributed by atoms with Crippen molar-refractivity contribution in [1.29, 1.82) is 0 Å². The van der Waals surface area contributed by atoms with Crippen LogP contribution in [0.5, 0.6) is 0 Å². The summed E-state index contributed by atoms with van der Waals surface area (Å²) >= 11 is 0. The average molecular weight is 1110 g/mol. The van der Waals surface area contributed by atoms with Crippen LogP contribution in [0.3, 0.4) is 0 Å². The molecule has 0 saturated heterocycles. The first-order valence-electron chi connectivity index (χ1n) is 35.5. The van der Waals surface area contributed by atoms with Gasteiger partial charge in [-0.25, -0.2) is 0 Å². The zero-order chi connectivity index (χ0) is 57.1. The first-order valence-corrected chi connectivity index (χ1v) is 35.5. The highest BCUT2D eigenvalue weighted by Gasteiger charge is 2.19. The molecule has 0 bridgehead atoms. The van der Waals surface area contributed by atoms with Crippen LogP contribution in [0.4, 0.5) is 0 Å². The summed E-state index contributed by atoms with van der Waals surface area (Å²) in [6.45, 7) is 6.66. The van der Waals surface area contributed by atoms with Gasteiger partial charge in [-0.3, -0.25) is 14.4 Å². The van der Waals surface area contributed by atoms with Gasteiger partial charge < -0.3 is 14.2 Å². The molecule has 6 heteroatoms. The number of carbonyl (C=O) groups is 3. The highest BCUT2D eigenvalue weighted by Crippen LogP contribution is 2.19. The van der Waals surface area contributed by atoms with Crippen LogP contribution in [-0.4, -0.2) is 37.2 Å². The van der Waals surface area contributed by atoms with E-state index in [0.29, 0.717) is 19.3 Å². The summed E-state index contributed by atoms with van der Waals surface area (Å²) in [7, 11) is 0. The largest absolute Gasteiger partial charge is 0.462 e. The van der Waals surface area contributed by atoms with E-state index in [0.717, 1.165) is 70.6 Å². The van der Waals surface area contributed by atoms with Crippen molar-refractivity contribution in [3.8, 4) is 0 Å². The number of esters is 3. The van der Waals surface area contributed by atoms with Gasteiger partial charge in [0.05, 0.1) is 0 Å². The molecular weight excluding hydrogens is 973 g/mol. The summed E-state index contributed by atoms with van der Waals surface area (Å²) in [5.41, 5.74) is 0. The van der Waals surface area contributed by atoms with Crippen LogP contribution in [0.2, 0.25) is 0 Å². The van der Waals surface area contributed by atoms with Gasteiger partial charge in [0, 0.05) is 19.3 Å². The quantitative estimate of drug-likeness (QED) is 0.0261. The predicted octanol–water partition coefficient (Wildman–Crippen LogP) is 24.3. The molecule has 0 rings (SSSR count). The van der Waals surface area contributed by atoms with E-state index in [1.54, 1.807) is 0 Å². The maximum Gasteiger partial charge on any atom is 0.306 e. The standard InChI is InChI=1S/C73H136O6/c1-4-7-10-13-16-19-22-24-26-28-30-32-34-36-38-40-42-44-46-48-51-54-57-60-63-66-72(75)78-69-70(68-77-71(74)65-62-59-56-53-50-21-18-15-12-9-6-3)79-73(76)67-64-61-58-55-52-49-47-45-43-41-39-37-35-33-31-29-27-25-23-20-17-14-11-8-5-2/h15,18,22,24,28,30,70H,4-14,16-17,19-21,23,25-27,29,31-69H2,1-3H3/b18-15-,24-22-,30-28-. The summed E-state index contributed by atoms with van der Waals surface area (Å²) in [5.74, 6) is -0.854. The minimum Gasteiger partial charge on any atom is -0.462 e. The maximum absolute atomic E-state index is 12.9. The average Bonchev–Trinajstić information content (AvgIpc) is 3.45. The van der Waals surface area contributed by atoms with Crippen LogP contribution in [0.25, 0.3) is 0 Å². The van der Waals surface area contributed by atoms with Crippen LogP contribution >= 0.6 is 0 Å². The molecule has 0 aliphatic rings. The van der Waals surface area contributed by atoms with Gasteiger partial charge in [0.1, 0.15) is 13.2 Å². The van der Waals surface area contributed by atoms with Crippen LogP contribution in [0.15, 0.2) is 36.5 Å². The van der Waals surface area contributed by atoms with Gasteiger partial charge in [-0.2, -0.15) is 0 Å². The minimum absolute atomic E-state index is 0.0704. The van der Waals surface area contributed by atoms with Crippen LogP contribution < -0.4 is 0 Å². The molecule has 0 aromatic carbocycles. The van der Waals surface area contributed by atoms with Crippen molar-refractivity contribution < 1.29 is 28.6 Å². The van der Waals surface area contributed by atoms with Gasteiger partial charge >= 0.3 is 17.9 Å². The molecule has 0 heterocycles. The molecule has 0 aromatic heterocycles. The van der Waals surface area contributed by atoms with Gasteiger partial charge in [0.15, 0.2) is 6.10 Å². The van der Waals surface area contributed by atoms with Crippen molar-refractivity contribution >= 4 is 17.9 Å². The van der Waals surface area contributed by atoms with E-state index in [1.807, 2.05) is 0 Å². The van der Waals surface area contributed by atoms with Crippen molar-refractivity contribution in [1.82, 2.24) is 0 Å². The lowest BCUT2D eigenvalue weighted by Crippen LogP contribution is -2.30. The first-order chi connectivity index (χ1) is 39.0. The van der Waals surface area contributed by atoms with Crippen molar-refractivity contribution in [2.45, 2.75) is 399 Å².